The average Bonchev–Trinajstić information content (AvgIpc) is 3.50. The quantitative estimate of drug-likeness (QED) is 0.363. The van der Waals surface area contributed by atoms with E-state index in [1.165, 1.54) is 11.8 Å². The molecule has 0 radical (unpaired) electrons. The van der Waals surface area contributed by atoms with Crippen LogP contribution in [0.15, 0.2) is 71.2 Å². The molecule has 1 aliphatic heterocycles. The number of benzene rings is 2. The molecule has 7 nitrogen and oxygen atoms in total. The number of aryl methyl sites for hydroxylation is 1. The largest absolute Gasteiger partial charge is 0.339 e. The normalized spacial score (nSPS) is 14.4. The summed E-state index contributed by atoms with van der Waals surface area (Å²) >= 11 is 3.13. The van der Waals surface area contributed by atoms with E-state index in [0.29, 0.717) is 5.75 Å². The highest BCUT2D eigenvalue weighted by Crippen LogP contribution is 2.28. The zero-order valence-corrected chi connectivity index (χ0v) is 20.6. The van der Waals surface area contributed by atoms with Gasteiger partial charge in [0.2, 0.25) is 5.91 Å². The minimum Gasteiger partial charge on any atom is -0.339 e. The highest BCUT2D eigenvalue weighted by molar-refractivity contribution is 7.99. The van der Waals surface area contributed by atoms with Gasteiger partial charge in [0.25, 0.3) is 0 Å². The highest BCUT2D eigenvalue weighted by Gasteiger charge is 2.23. The number of aromatic nitrogens is 4. The summed E-state index contributed by atoms with van der Waals surface area (Å²) in [6.07, 6.45) is 0. The Morgan fingerprint density at radius 1 is 0.971 bits per heavy atom. The van der Waals surface area contributed by atoms with Crippen LogP contribution in [0.2, 0.25) is 0 Å². The molecule has 2 aromatic heterocycles. The number of rotatable bonds is 7. The summed E-state index contributed by atoms with van der Waals surface area (Å²) in [5, 5.41) is 12.8. The number of piperazine rings is 1. The van der Waals surface area contributed by atoms with Crippen molar-refractivity contribution in [2.45, 2.75) is 18.6 Å². The first-order valence-corrected chi connectivity index (χ1v) is 13.1. The summed E-state index contributed by atoms with van der Waals surface area (Å²) in [5.74, 6) is 1.25. The lowest BCUT2D eigenvalue weighted by Crippen LogP contribution is -2.48. The number of carbonyl (C=O) groups is 1. The topological polar surface area (TPSA) is 67.2 Å². The van der Waals surface area contributed by atoms with Crippen LogP contribution in [0.4, 0.5) is 0 Å². The molecular weight excluding hydrogens is 464 g/mol. The monoisotopic (exact) mass is 490 g/mol. The van der Waals surface area contributed by atoms with Gasteiger partial charge in [-0.15, -0.1) is 21.5 Å². The van der Waals surface area contributed by atoms with Gasteiger partial charge in [-0.3, -0.25) is 14.3 Å². The predicted molar refractivity (Wildman–Crippen MR) is 136 cm³/mol. The molecule has 0 N–H and O–H groups in total. The molecule has 9 heteroatoms. The molecule has 1 saturated heterocycles. The van der Waals surface area contributed by atoms with Crippen molar-refractivity contribution in [1.82, 2.24) is 29.5 Å². The van der Waals surface area contributed by atoms with Gasteiger partial charge < -0.3 is 4.90 Å². The van der Waals surface area contributed by atoms with Crippen LogP contribution in [0, 0.1) is 6.92 Å². The summed E-state index contributed by atoms with van der Waals surface area (Å²) in [6.45, 7) is 6.09. The van der Waals surface area contributed by atoms with Crippen molar-refractivity contribution < 1.29 is 4.79 Å². The zero-order valence-electron chi connectivity index (χ0n) is 19.0. The van der Waals surface area contributed by atoms with Crippen molar-refractivity contribution in [3.8, 4) is 17.1 Å². The molecule has 0 atom stereocenters. The maximum atomic E-state index is 13.0. The number of hydrogen-bond acceptors (Lipinski definition) is 7. The minimum atomic E-state index is 0.137. The molecule has 0 aliphatic carbocycles. The summed E-state index contributed by atoms with van der Waals surface area (Å²) < 4.78 is 2.03. The fraction of sp³-hybridized carbons (Fsp3) is 0.280. The Morgan fingerprint density at radius 2 is 1.68 bits per heavy atom. The van der Waals surface area contributed by atoms with Gasteiger partial charge in [-0.2, -0.15) is 0 Å². The first-order chi connectivity index (χ1) is 16.7. The van der Waals surface area contributed by atoms with Crippen LogP contribution in [0.1, 0.15) is 10.7 Å². The van der Waals surface area contributed by atoms with E-state index >= 15 is 0 Å². The van der Waals surface area contributed by atoms with Gasteiger partial charge in [0.15, 0.2) is 11.0 Å². The van der Waals surface area contributed by atoms with Gasteiger partial charge in [0.1, 0.15) is 0 Å². The maximum absolute atomic E-state index is 13.0. The molecule has 1 aliphatic rings. The van der Waals surface area contributed by atoms with Crippen LogP contribution in [0.5, 0.6) is 0 Å². The van der Waals surface area contributed by atoms with Crippen molar-refractivity contribution in [2.24, 2.45) is 0 Å². The average molecular weight is 491 g/mol. The minimum absolute atomic E-state index is 0.137. The van der Waals surface area contributed by atoms with E-state index in [2.05, 4.69) is 25.5 Å². The zero-order chi connectivity index (χ0) is 23.3. The first kappa shape index (κ1) is 22.8. The van der Waals surface area contributed by atoms with Crippen LogP contribution >= 0.6 is 23.1 Å². The van der Waals surface area contributed by atoms with Gasteiger partial charge >= 0.3 is 0 Å². The molecule has 0 bridgehead atoms. The molecule has 5 rings (SSSR count). The number of hydrogen-bond donors (Lipinski definition) is 0. The first-order valence-electron chi connectivity index (χ1n) is 11.3. The van der Waals surface area contributed by atoms with E-state index in [9.17, 15) is 4.79 Å². The van der Waals surface area contributed by atoms with E-state index < -0.39 is 0 Å². The second-order valence-electron chi connectivity index (χ2n) is 8.15. The predicted octanol–water partition coefficient (Wildman–Crippen LogP) is 4.14. The fourth-order valence-corrected chi connectivity index (χ4v) is 5.49. The molecule has 1 fully saturated rings. The second kappa shape index (κ2) is 10.5. The number of thioether (sulfide) groups is 1. The third-order valence-corrected chi connectivity index (χ3v) is 7.52. The van der Waals surface area contributed by atoms with Crippen LogP contribution in [0.25, 0.3) is 17.1 Å². The van der Waals surface area contributed by atoms with Crippen LogP contribution in [-0.2, 0) is 11.3 Å². The van der Waals surface area contributed by atoms with Crippen molar-refractivity contribution in [3.63, 3.8) is 0 Å². The van der Waals surface area contributed by atoms with Crippen LogP contribution in [0.3, 0.4) is 0 Å². The van der Waals surface area contributed by atoms with Crippen molar-refractivity contribution in [3.05, 3.63) is 76.7 Å². The third-order valence-electron chi connectivity index (χ3n) is 5.78. The number of thiazole rings is 1. The SMILES string of the molecule is Cc1nc(CN2CCN(C(=O)CSc3nnc(-c4ccccc4)n3-c3ccccc3)CC2)cs1. The van der Waals surface area contributed by atoms with E-state index in [0.717, 1.165) is 65.7 Å². The standard InChI is InChI=1S/C25H26N6OS2/c1-19-26-21(17-33-19)16-29-12-14-30(15-13-29)23(32)18-34-25-28-27-24(20-8-4-2-5-9-20)31(25)22-10-6-3-7-11-22/h2-11,17H,12-16,18H2,1H3. The molecule has 3 heterocycles. The van der Waals surface area contributed by atoms with Crippen LogP contribution in [-0.4, -0.2) is 67.4 Å². The summed E-state index contributed by atoms with van der Waals surface area (Å²) in [4.78, 5) is 21.9. The van der Waals surface area contributed by atoms with Crippen molar-refractivity contribution >= 4 is 29.0 Å². The van der Waals surface area contributed by atoms with Gasteiger partial charge in [-0.05, 0) is 19.1 Å². The van der Waals surface area contributed by atoms with Gasteiger partial charge in [-0.25, -0.2) is 4.98 Å². The number of para-hydroxylation sites is 1. The van der Waals surface area contributed by atoms with Gasteiger partial charge in [-0.1, -0.05) is 60.3 Å². The summed E-state index contributed by atoms with van der Waals surface area (Å²) in [6, 6.07) is 20.1. The summed E-state index contributed by atoms with van der Waals surface area (Å²) in [5.41, 5.74) is 3.09. The van der Waals surface area contributed by atoms with E-state index in [-0.39, 0.29) is 5.91 Å². The van der Waals surface area contributed by atoms with E-state index in [4.69, 9.17) is 0 Å². The Hall–Kier alpha value is -3.01. The summed E-state index contributed by atoms with van der Waals surface area (Å²) in [7, 11) is 0. The molecule has 0 unspecified atom stereocenters. The Bertz CT molecular complexity index is 1230. The van der Waals surface area contributed by atoms with Crippen molar-refractivity contribution in [1.29, 1.82) is 0 Å². The lowest BCUT2D eigenvalue weighted by molar-refractivity contribution is -0.130. The molecule has 0 saturated carbocycles. The Balaban J connectivity index is 1.24. The molecule has 174 valence electrons. The molecular formula is C25H26N6OS2. The van der Waals surface area contributed by atoms with Gasteiger partial charge in [0, 0.05) is 49.4 Å². The fourth-order valence-electron chi connectivity index (χ4n) is 4.03. The molecule has 2 aromatic carbocycles. The molecule has 4 aromatic rings. The van der Waals surface area contributed by atoms with Gasteiger partial charge in [0.05, 0.1) is 16.5 Å². The van der Waals surface area contributed by atoms with E-state index in [1.807, 2.05) is 77.1 Å². The Labute approximate surface area is 207 Å². The lowest BCUT2D eigenvalue weighted by Gasteiger charge is -2.34. The lowest BCUT2D eigenvalue weighted by atomic mass is 10.2. The van der Waals surface area contributed by atoms with Crippen molar-refractivity contribution in [2.75, 3.05) is 31.9 Å². The smallest absolute Gasteiger partial charge is 0.233 e. The Morgan fingerprint density at radius 3 is 2.35 bits per heavy atom. The number of carbonyl (C=O) groups excluding carboxylic acids is 1. The molecule has 34 heavy (non-hydrogen) atoms. The molecule has 0 spiro atoms. The van der Waals surface area contributed by atoms with Crippen LogP contribution < -0.4 is 0 Å². The number of amides is 1. The Kier molecular flexibility index (Phi) is 7.03. The molecule has 1 amide bonds. The number of nitrogens with zero attached hydrogens (tertiary/aromatic N) is 6. The van der Waals surface area contributed by atoms with E-state index in [1.54, 1.807) is 11.3 Å². The third kappa shape index (κ3) is 5.22. The highest BCUT2D eigenvalue weighted by atomic mass is 32.2. The second-order valence-corrected chi connectivity index (χ2v) is 10.2. The maximum Gasteiger partial charge on any atom is 0.233 e.